The van der Waals surface area contributed by atoms with Gasteiger partial charge in [-0.05, 0) is 48.1 Å². The van der Waals surface area contributed by atoms with Crippen LogP contribution in [0.5, 0.6) is 5.75 Å². The summed E-state index contributed by atoms with van der Waals surface area (Å²) in [6.45, 7) is 4.93. The van der Waals surface area contributed by atoms with Crippen molar-refractivity contribution in [3.63, 3.8) is 0 Å². The Labute approximate surface area is 151 Å². The van der Waals surface area contributed by atoms with Crippen molar-refractivity contribution in [3.05, 3.63) is 27.8 Å². The molecule has 0 atom stereocenters. The van der Waals surface area contributed by atoms with E-state index < -0.39 is 0 Å². The fourth-order valence-corrected chi connectivity index (χ4v) is 3.09. The molecule has 0 spiro atoms. The molecule has 4 nitrogen and oxygen atoms in total. The van der Waals surface area contributed by atoms with E-state index in [1.165, 1.54) is 0 Å². The van der Waals surface area contributed by atoms with Gasteiger partial charge in [-0.1, -0.05) is 12.1 Å². The van der Waals surface area contributed by atoms with Crippen LogP contribution in [-0.4, -0.2) is 49.8 Å². The van der Waals surface area contributed by atoms with Gasteiger partial charge in [-0.25, -0.2) is 0 Å². The molecule has 6 heteroatoms. The van der Waals surface area contributed by atoms with Crippen molar-refractivity contribution >= 4 is 28.6 Å². The summed E-state index contributed by atoms with van der Waals surface area (Å²) in [5.41, 5.74) is 0. The average Bonchev–Trinajstić information content (AvgIpc) is 2.57. The van der Waals surface area contributed by atoms with E-state index in [0.717, 1.165) is 47.8 Å². The van der Waals surface area contributed by atoms with E-state index in [4.69, 9.17) is 4.74 Å². The van der Waals surface area contributed by atoms with E-state index in [-0.39, 0.29) is 12.8 Å². The second kappa shape index (κ2) is 9.95. The molecule has 0 amide bonds. The second-order valence-electron chi connectivity index (χ2n) is 5.51. The Hall–Kier alpha value is -1.05. The number of aliphatic imine (C=N–C) groups is 1. The highest BCUT2D eigenvalue weighted by atomic mass is 127. The molecule has 23 heavy (non-hydrogen) atoms. The van der Waals surface area contributed by atoms with Crippen LogP contribution in [0.25, 0.3) is 0 Å². The smallest absolute Gasteiger partial charge is 0.193 e. The van der Waals surface area contributed by atoms with Crippen molar-refractivity contribution in [2.24, 2.45) is 4.99 Å². The van der Waals surface area contributed by atoms with Gasteiger partial charge in [0.15, 0.2) is 5.96 Å². The van der Waals surface area contributed by atoms with Crippen molar-refractivity contribution in [1.82, 2.24) is 10.2 Å². The minimum Gasteiger partial charge on any atom is -0.489 e. The molecule has 1 aliphatic rings. The van der Waals surface area contributed by atoms with Gasteiger partial charge in [0.2, 0.25) is 0 Å². The molecule has 0 aromatic heterocycles. The van der Waals surface area contributed by atoms with Gasteiger partial charge in [-0.2, -0.15) is 0 Å². The van der Waals surface area contributed by atoms with Crippen LogP contribution >= 0.6 is 22.6 Å². The van der Waals surface area contributed by atoms with E-state index in [1.54, 1.807) is 0 Å². The van der Waals surface area contributed by atoms with Crippen molar-refractivity contribution < 1.29 is 9.13 Å². The zero-order valence-electron chi connectivity index (χ0n) is 13.6. The molecule has 128 valence electrons. The van der Waals surface area contributed by atoms with Gasteiger partial charge in [0.1, 0.15) is 11.9 Å². The standard InChI is InChI=1S/C17H25FIN3O/c1-2-20-17(21-11-5-10-18)22-12-8-14(9-13-22)23-16-7-4-3-6-15(16)19/h3-4,6-7,14H,2,5,8-13H2,1H3,(H,20,21). The third-order valence-electron chi connectivity index (χ3n) is 3.76. The summed E-state index contributed by atoms with van der Waals surface area (Å²) in [6, 6.07) is 8.11. The lowest BCUT2D eigenvalue weighted by Crippen LogP contribution is -2.47. The molecule has 1 saturated heterocycles. The van der Waals surface area contributed by atoms with Crippen molar-refractivity contribution in [1.29, 1.82) is 0 Å². The molecule has 0 unspecified atom stereocenters. The van der Waals surface area contributed by atoms with Crippen LogP contribution in [0.15, 0.2) is 29.3 Å². The highest BCUT2D eigenvalue weighted by Crippen LogP contribution is 2.24. The van der Waals surface area contributed by atoms with Gasteiger partial charge in [0.05, 0.1) is 10.2 Å². The molecule has 0 saturated carbocycles. The second-order valence-corrected chi connectivity index (χ2v) is 6.68. The molecule has 0 aliphatic carbocycles. The molecule has 1 N–H and O–H groups in total. The first kappa shape index (κ1) is 18.3. The molecule has 1 fully saturated rings. The number of hydrogen-bond donors (Lipinski definition) is 1. The summed E-state index contributed by atoms with van der Waals surface area (Å²) < 4.78 is 19.5. The van der Waals surface area contributed by atoms with Crippen molar-refractivity contribution in [2.45, 2.75) is 32.3 Å². The molecule has 1 aromatic carbocycles. The van der Waals surface area contributed by atoms with Crippen LogP contribution in [0.1, 0.15) is 26.2 Å². The molecule has 2 rings (SSSR count). The third kappa shape index (κ3) is 5.82. The Morgan fingerprint density at radius 2 is 2.13 bits per heavy atom. The topological polar surface area (TPSA) is 36.9 Å². The van der Waals surface area contributed by atoms with E-state index in [9.17, 15) is 4.39 Å². The van der Waals surface area contributed by atoms with E-state index >= 15 is 0 Å². The fourth-order valence-electron chi connectivity index (χ4n) is 2.58. The van der Waals surface area contributed by atoms with Crippen LogP contribution in [0.2, 0.25) is 0 Å². The summed E-state index contributed by atoms with van der Waals surface area (Å²) in [6.07, 6.45) is 2.67. The van der Waals surface area contributed by atoms with Crippen molar-refractivity contribution in [3.8, 4) is 5.75 Å². The summed E-state index contributed by atoms with van der Waals surface area (Å²) in [7, 11) is 0. The predicted octanol–water partition coefficient (Wildman–Crippen LogP) is 3.46. The number of para-hydroxylation sites is 1. The van der Waals surface area contributed by atoms with Gasteiger partial charge in [-0.15, -0.1) is 0 Å². The molecule has 0 radical (unpaired) electrons. The number of alkyl halides is 1. The zero-order chi connectivity index (χ0) is 16.5. The van der Waals surface area contributed by atoms with Gasteiger partial charge < -0.3 is 15.0 Å². The Kier molecular flexibility index (Phi) is 7.91. The van der Waals surface area contributed by atoms with Gasteiger partial charge >= 0.3 is 0 Å². The normalized spacial score (nSPS) is 16.5. The number of halogens is 2. The van der Waals surface area contributed by atoms with Crippen LogP contribution in [0.3, 0.4) is 0 Å². The Balaban J connectivity index is 1.86. The predicted molar refractivity (Wildman–Crippen MR) is 101 cm³/mol. The monoisotopic (exact) mass is 433 g/mol. The summed E-state index contributed by atoms with van der Waals surface area (Å²) in [4.78, 5) is 6.75. The zero-order valence-corrected chi connectivity index (χ0v) is 15.8. The quantitative estimate of drug-likeness (QED) is 0.323. The molecular formula is C17H25FIN3O. The number of guanidine groups is 1. The highest BCUT2D eigenvalue weighted by Gasteiger charge is 2.23. The highest BCUT2D eigenvalue weighted by molar-refractivity contribution is 14.1. The third-order valence-corrected chi connectivity index (χ3v) is 4.65. The largest absolute Gasteiger partial charge is 0.489 e. The lowest BCUT2D eigenvalue weighted by molar-refractivity contribution is 0.128. The van der Waals surface area contributed by atoms with Crippen molar-refractivity contribution in [2.75, 3.05) is 32.9 Å². The van der Waals surface area contributed by atoms with Crippen LogP contribution in [0, 0.1) is 3.57 Å². The number of benzene rings is 1. The Morgan fingerprint density at radius 1 is 1.39 bits per heavy atom. The number of nitrogens with one attached hydrogen (secondary N) is 1. The number of ether oxygens (including phenoxy) is 1. The SMILES string of the molecule is CCNC(=NCCCF)N1CCC(Oc2ccccc2I)CC1. The van der Waals surface area contributed by atoms with Gasteiger partial charge in [-0.3, -0.25) is 9.38 Å². The number of hydrogen-bond acceptors (Lipinski definition) is 2. The van der Waals surface area contributed by atoms with Crippen LogP contribution in [0.4, 0.5) is 4.39 Å². The van der Waals surface area contributed by atoms with E-state index in [2.05, 4.69) is 50.8 Å². The lowest BCUT2D eigenvalue weighted by atomic mass is 10.1. The summed E-state index contributed by atoms with van der Waals surface area (Å²) in [5, 5.41) is 3.30. The number of likely N-dealkylation sites (tertiary alicyclic amines) is 1. The Bertz CT molecular complexity index is 504. The van der Waals surface area contributed by atoms with Crippen LogP contribution in [-0.2, 0) is 0 Å². The number of piperidine rings is 1. The van der Waals surface area contributed by atoms with Gasteiger partial charge in [0.25, 0.3) is 0 Å². The Morgan fingerprint density at radius 3 is 2.78 bits per heavy atom. The first-order valence-electron chi connectivity index (χ1n) is 8.25. The first-order chi connectivity index (χ1) is 11.2. The maximum absolute atomic E-state index is 12.2. The minimum atomic E-state index is -0.311. The first-order valence-corrected chi connectivity index (χ1v) is 9.33. The lowest BCUT2D eigenvalue weighted by Gasteiger charge is -2.34. The van der Waals surface area contributed by atoms with E-state index in [0.29, 0.717) is 13.0 Å². The molecule has 1 aromatic rings. The minimum absolute atomic E-state index is 0.246. The molecule has 1 heterocycles. The summed E-state index contributed by atoms with van der Waals surface area (Å²) >= 11 is 2.31. The molecular weight excluding hydrogens is 408 g/mol. The maximum atomic E-state index is 12.2. The summed E-state index contributed by atoms with van der Waals surface area (Å²) in [5.74, 6) is 1.86. The van der Waals surface area contributed by atoms with Gasteiger partial charge in [0, 0.05) is 39.0 Å². The maximum Gasteiger partial charge on any atom is 0.193 e. The average molecular weight is 433 g/mol. The van der Waals surface area contributed by atoms with E-state index in [1.807, 2.05) is 18.2 Å². The fraction of sp³-hybridized carbons (Fsp3) is 0.588. The number of rotatable bonds is 6. The number of nitrogens with zero attached hydrogens (tertiary/aromatic N) is 2. The van der Waals surface area contributed by atoms with Crippen LogP contribution < -0.4 is 10.1 Å². The molecule has 1 aliphatic heterocycles. The molecule has 0 bridgehead atoms.